The van der Waals surface area contributed by atoms with Crippen LogP contribution in [0.4, 0.5) is 5.69 Å². The van der Waals surface area contributed by atoms with Gasteiger partial charge in [-0.15, -0.1) is 0 Å². The molecule has 19 heavy (non-hydrogen) atoms. The number of rotatable bonds is 5. The van der Waals surface area contributed by atoms with Crippen molar-refractivity contribution in [2.45, 2.75) is 6.42 Å². The second-order valence-corrected chi connectivity index (χ2v) is 5.13. The van der Waals surface area contributed by atoms with Gasteiger partial charge in [0.05, 0.1) is 17.6 Å². The number of nitrogens with zero attached hydrogens (tertiary/aromatic N) is 1. The van der Waals surface area contributed by atoms with Gasteiger partial charge in [0, 0.05) is 23.1 Å². The average Bonchev–Trinajstić information content (AvgIpc) is 2.89. The molecule has 1 aliphatic heterocycles. The Balaban J connectivity index is 1.98. The first-order valence-electron chi connectivity index (χ1n) is 5.74. The van der Waals surface area contributed by atoms with Crippen LogP contribution in [0.2, 0.25) is 0 Å². The summed E-state index contributed by atoms with van der Waals surface area (Å²) in [7, 11) is 0. The largest absolute Gasteiger partial charge is 0.486 e. The van der Waals surface area contributed by atoms with Crippen molar-refractivity contribution in [1.82, 2.24) is 0 Å². The summed E-state index contributed by atoms with van der Waals surface area (Å²) in [6, 6.07) is 4.26. The first kappa shape index (κ1) is 14.0. The van der Waals surface area contributed by atoms with Crippen LogP contribution in [0.5, 0.6) is 5.75 Å². The minimum absolute atomic E-state index is 0.0415. The molecule has 6 nitrogen and oxygen atoms in total. The van der Waals surface area contributed by atoms with Gasteiger partial charge in [-0.1, -0.05) is 15.9 Å². The van der Waals surface area contributed by atoms with Crippen LogP contribution in [0.3, 0.4) is 0 Å². The zero-order chi connectivity index (χ0) is 13.8. The van der Waals surface area contributed by atoms with Crippen molar-refractivity contribution in [2.75, 3.05) is 19.8 Å². The Labute approximate surface area is 118 Å². The van der Waals surface area contributed by atoms with Gasteiger partial charge in [0.15, 0.2) is 5.78 Å². The zero-order valence-electron chi connectivity index (χ0n) is 10.0. The molecule has 0 amide bonds. The van der Waals surface area contributed by atoms with Crippen LogP contribution >= 0.6 is 15.9 Å². The maximum absolute atomic E-state index is 11.8. The summed E-state index contributed by atoms with van der Waals surface area (Å²) in [4.78, 5) is 22.0. The summed E-state index contributed by atoms with van der Waals surface area (Å²) in [6.07, 6.45) is 0.709. The number of non-ortho nitro benzene ring substituents is 1. The highest BCUT2D eigenvalue weighted by molar-refractivity contribution is 9.10. The van der Waals surface area contributed by atoms with E-state index in [1.807, 2.05) is 0 Å². The van der Waals surface area contributed by atoms with Gasteiger partial charge in [-0.25, -0.2) is 0 Å². The van der Waals surface area contributed by atoms with E-state index < -0.39 is 4.92 Å². The van der Waals surface area contributed by atoms with E-state index in [4.69, 9.17) is 9.47 Å². The van der Waals surface area contributed by atoms with Gasteiger partial charge in [-0.2, -0.15) is 0 Å². The van der Waals surface area contributed by atoms with Crippen LogP contribution < -0.4 is 4.74 Å². The Hall–Kier alpha value is -1.47. The monoisotopic (exact) mass is 329 g/mol. The fourth-order valence-corrected chi connectivity index (χ4v) is 2.26. The molecule has 0 N–H and O–H groups in total. The average molecular weight is 330 g/mol. The molecule has 0 saturated carbocycles. The van der Waals surface area contributed by atoms with Crippen molar-refractivity contribution in [2.24, 2.45) is 5.92 Å². The van der Waals surface area contributed by atoms with E-state index >= 15 is 0 Å². The number of halogens is 1. The normalized spacial score (nSPS) is 18.3. The van der Waals surface area contributed by atoms with Gasteiger partial charge in [-0.3, -0.25) is 14.9 Å². The predicted octanol–water partition coefficient (Wildman–Crippen LogP) is 2.34. The maximum Gasteiger partial charge on any atom is 0.274 e. The van der Waals surface area contributed by atoms with E-state index in [1.165, 1.54) is 12.1 Å². The van der Waals surface area contributed by atoms with Gasteiger partial charge in [0.2, 0.25) is 0 Å². The lowest BCUT2D eigenvalue weighted by Gasteiger charge is -2.09. The number of carbonyl (C=O) groups is 1. The number of Topliss-reactive ketones (excluding diaryl/α,β-unsaturated/α-hetero) is 1. The standard InChI is InChI=1S/C12H12BrNO5/c13-9-3-10(14(16)17)5-11(4-9)19-7-12(15)8-1-2-18-6-8/h3-5,8H,1-2,6-7H2. The highest BCUT2D eigenvalue weighted by atomic mass is 79.9. The molecule has 1 fully saturated rings. The minimum atomic E-state index is -0.510. The Morgan fingerprint density at radius 1 is 1.53 bits per heavy atom. The molecule has 0 aromatic heterocycles. The molecule has 1 aromatic carbocycles. The molecule has 0 spiro atoms. The molecular formula is C12H12BrNO5. The summed E-state index contributed by atoms with van der Waals surface area (Å²) < 4.78 is 11.0. The Morgan fingerprint density at radius 2 is 2.32 bits per heavy atom. The van der Waals surface area contributed by atoms with Gasteiger partial charge in [0.1, 0.15) is 12.4 Å². The Bertz CT molecular complexity index is 499. The lowest BCUT2D eigenvalue weighted by molar-refractivity contribution is -0.385. The fourth-order valence-electron chi connectivity index (χ4n) is 1.80. The second-order valence-electron chi connectivity index (χ2n) is 4.22. The number of nitro groups is 1. The molecule has 2 rings (SSSR count). The summed E-state index contributed by atoms with van der Waals surface area (Å²) in [5, 5.41) is 10.7. The molecular weight excluding hydrogens is 318 g/mol. The van der Waals surface area contributed by atoms with E-state index in [0.717, 1.165) is 0 Å². The van der Waals surface area contributed by atoms with Crippen molar-refractivity contribution in [1.29, 1.82) is 0 Å². The number of ether oxygens (including phenoxy) is 2. The number of nitro benzene ring substituents is 1. The first-order valence-corrected chi connectivity index (χ1v) is 6.54. The van der Waals surface area contributed by atoms with Gasteiger partial charge in [-0.05, 0) is 12.5 Å². The molecule has 1 aliphatic rings. The Morgan fingerprint density at radius 3 is 2.95 bits per heavy atom. The predicted molar refractivity (Wildman–Crippen MR) is 70.2 cm³/mol. The zero-order valence-corrected chi connectivity index (χ0v) is 11.6. The third-order valence-corrected chi connectivity index (χ3v) is 3.29. The SMILES string of the molecule is O=C(COc1cc(Br)cc([N+](=O)[O-])c1)C1CCOC1. The molecule has 1 heterocycles. The molecule has 0 radical (unpaired) electrons. The number of ketones is 1. The lowest BCUT2D eigenvalue weighted by atomic mass is 10.0. The van der Waals surface area contributed by atoms with Gasteiger partial charge < -0.3 is 9.47 Å². The summed E-state index contributed by atoms with van der Waals surface area (Å²) >= 11 is 3.17. The van der Waals surface area contributed by atoms with E-state index in [0.29, 0.717) is 29.9 Å². The fraction of sp³-hybridized carbons (Fsp3) is 0.417. The van der Waals surface area contributed by atoms with Crippen LogP contribution in [-0.4, -0.2) is 30.5 Å². The number of hydrogen-bond donors (Lipinski definition) is 0. The number of carbonyl (C=O) groups excluding carboxylic acids is 1. The van der Waals surface area contributed by atoms with Crippen LogP contribution in [0, 0.1) is 16.0 Å². The molecule has 1 unspecified atom stereocenters. The molecule has 7 heteroatoms. The van der Waals surface area contributed by atoms with Crippen molar-refractivity contribution >= 4 is 27.4 Å². The van der Waals surface area contributed by atoms with Crippen molar-refractivity contribution in [3.63, 3.8) is 0 Å². The minimum Gasteiger partial charge on any atom is -0.486 e. The van der Waals surface area contributed by atoms with E-state index in [2.05, 4.69) is 15.9 Å². The molecule has 0 aliphatic carbocycles. The van der Waals surface area contributed by atoms with Crippen molar-refractivity contribution < 1.29 is 19.2 Å². The molecule has 0 bridgehead atoms. The summed E-state index contributed by atoms with van der Waals surface area (Å²) in [5.74, 6) is 0.135. The maximum atomic E-state index is 11.8. The van der Waals surface area contributed by atoms with Crippen molar-refractivity contribution in [3.05, 3.63) is 32.8 Å². The molecule has 1 aromatic rings. The van der Waals surface area contributed by atoms with Crippen LogP contribution in [0.15, 0.2) is 22.7 Å². The summed E-state index contributed by atoms with van der Waals surface area (Å²) in [5.41, 5.74) is -0.0824. The quantitative estimate of drug-likeness (QED) is 0.612. The third kappa shape index (κ3) is 3.74. The van der Waals surface area contributed by atoms with Crippen LogP contribution in [-0.2, 0) is 9.53 Å². The first-order chi connectivity index (χ1) is 9.06. The lowest BCUT2D eigenvalue weighted by Crippen LogP contribution is -2.21. The molecule has 102 valence electrons. The van der Waals surface area contributed by atoms with E-state index in [1.54, 1.807) is 6.07 Å². The molecule has 1 atom stereocenters. The van der Waals surface area contributed by atoms with Gasteiger partial charge >= 0.3 is 0 Å². The topological polar surface area (TPSA) is 78.7 Å². The third-order valence-electron chi connectivity index (χ3n) is 2.83. The molecule has 1 saturated heterocycles. The van der Waals surface area contributed by atoms with Crippen LogP contribution in [0.1, 0.15) is 6.42 Å². The number of benzene rings is 1. The van der Waals surface area contributed by atoms with E-state index in [9.17, 15) is 14.9 Å². The van der Waals surface area contributed by atoms with Gasteiger partial charge in [0.25, 0.3) is 5.69 Å². The van der Waals surface area contributed by atoms with E-state index in [-0.39, 0.29) is 24.0 Å². The second kappa shape index (κ2) is 6.12. The Kier molecular flexibility index (Phi) is 4.49. The summed E-state index contributed by atoms with van der Waals surface area (Å²) in [6.45, 7) is 0.932. The van der Waals surface area contributed by atoms with Crippen molar-refractivity contribution in [3.8, 4) is 5.75 Å². The van der Waals surface area contributed by atoms with Crippen LogP contribution in [0.25, 0.3) is 0 Å². The highest BCUT2D eigenvalue weighted by Crippen LogP contribution is 2.26. The smallest absolute Gasteiger partial charge is 0.274 e. The number of hydrogen-bond acceptors (Lipinski definition) is 5. The highest BCUT2D eigenvalue weighted by Gasteiger charge is 2.23.